The minimum Gasteiger partial charge on any atom is -0.339 e. The van der Waals surface area contributed by atoms with Gasteiger partial charge in [-0.25, -0.2) is 0 Å². The van der Waals surface area contributed by atoms with Crippen LogP contribution in [0.15, 0.2) is 59.1 Å². The highest BCUT2D eigenvalue weighted by Crippen LogP contribution is 2.23. The van der Waals surface area contributed by atoms with Gasteiger partial charge in [0.25, 0.3) is 11.8 Å². The maximum Gasteiger partial charge on any atom is 0.258 e. The smallest absolute Gasteiger partial charge is 0.258 e. The Labute approximate surface area is 146 Å². The summed E-state index contributed by atoms with van der Waals surface area (Å²) in [7, 11) is 0. The summed E-state index contributed by atoms with van der Waals surface area (Å²) in [5.41, 5.74) is 2.33. The van der Waals surface area contributed by atoms with Crippen molar-refractivity contribution in [2.24, 2.45) is 0 Å². The van der Waals surface area contributed by atoms with Crippen molar-refractivity contribution in [2.75, 3.05) is 13.1 Å². The van der Waals surface area contributed by atoms with E-state index in [1.807, 2.05) is 59.5 Å². The molecule has 1 aliphatic rings. The van der Waals surface area contributed by atoms with Gasteiger partial charge in [-0.3, -0.25) is 4.79 Å². The van der Waals surface area contributed by atoms with E-state index in [9.17, 15) is 4.79 Å². The van der Waals surface area contributed by atoms with Crippen molar-refractivity contribution in [1.29, 1.82) is 0 Å². The maximum atomic E-state index is 12.7. The average molecular weight is 333 g/mol. The lowest BCUT2D eigenvalue weighted by Crippen LogP contribution is -2.35. The van der Waals surface area contributed by atoms with Crippen LogP contribution in [0.1, 0.15) is 29.6 Å². The number of hydrogen-bond donors (Lipinski definition) is 0. The fourth-order valence-electron chi connectivity index (χ4n) is 3.11. The summed E-state index contributed by atoms with van der Waals surface area (Å²) in [5.74, 6) is 1.04. The molecule has 5 heteroatoms. The van der Waals surface area contributed by atoms with E-state index in [1.54, 1.807) is 0 Å². The number of carbonyl (C=O) groups excluding carboxylic acids is 1. The van der Waals surface area contributed by atoms with Crippen molar-refractivity contribution in [3.63, 3.8) is 0 Å². The zero-order valence-electron chi connectivity index (χ0n) is 13.9. The molecule has 1 aliphatic heterocycles. The van der Waals surface area contributed by atoms with Crippen LogP contribution in [-0.2, 0) is 0 Å². The zero-order valence-corrected chi connectivity index (χ0v) is 13.9. The van der Waals surface area contributed by atoms with Crippen LogP contribution >= 0.6 is 0 Å². The van der Waals surface area contributed by atoms with Crippen LogP contribution in [0, 0.1) is 0 Å². The molecule has 4 rings (SSSR count). The lowest BCUT2D eigenvalue weighted by atomic mass is 10.1. The predicted octanol–water partition coefficient (Wildman–Crippen LogP) is 4.03. The van der Waals surface area contributed by atoms with Crippen molar-refractivity contribution in [2.45, 2.75) is 19.3 Å². The third-order valence-electron chi connectivity index (χ3n) is 4.46. The summed E-state index contributed by atoms with van der Waals surface area (Å²) in [6.45, 7) is 1.67. The second-order valence-electron chi connectivity index (χ2n) is 6.22. The molecule has 1 fully saturated rings. The molecule has 0 N–H and O–H groups in total. The molecule has 0 radical (unpaired) electrons. The third-order valence-corrected chi connectivity index (χ3v) is 4.46. The van der Waals surface area contributed by atoms with Crippen molar-refractivity contribution in [3.05, 3.63) is 60.2 Å². The van der Waals surface area contributed by atoms with Crippen LogP contribution in [0.2, 0.25) is 0 Å². The molecule has 1 saturated heterocycles. The number of likely N-dealkylation sites (tertiary alicyclic amines) is 1. The number of piperidine rings is 1. The lowest BCUT2D eigenvalue weighted by molar-refractivity contribution is 0.0724. The Balaban J connectivity index is 1.59. The van der Waals surface area contributed by atoms with Gasteiger partial charge in [-0.05, 0) is 37.5 Å². The first-order chi connectivity index (χ1) is 12.3. The van der Waals surface area contributed by atoms with Gasteiger partial charge < -0.3 is 9.42 Å². The summed E-state index contributed by atoms with van der Waals surface area (Å²) in [4.78, 5) is 19.1. The fraction of sp³-hybridized carbons (Fsp3) is 0.250. The van der Waals surface area contributed by atoms with Crippen LogP contribution in [0.3, 0.4) is 0 Å². The number of rotatable bonds is 3. The third kappa shape index (κ3) is 3.31. The average Bonchev–Trinajstić information content (AvgIpc) is 3.19. The summed E-state index contributed by atoms with van der Waals surface area (Å²) in [5, 5.41) is 4.05. The van der Waals surface area contributed by atoms with Crippen LogP contribution in [0.5, 0.6) is 0 Å². The van der Waals surface area contributed by atoms with Crippen molar-refractivity contribution < 1.29 is 9.32 Å². The minimum atomic E-state index is 0.0735. The number of amides is 1. The molecule has 2 aromatic carbocycles. The van der Waals surface area contributed by atoms with Crippen molar-refractivity contribution in [1.82, 2.24) is 15.0 Å². The highest BCUT2D eigenvalue weighted by Gasteiger charge is 2.19. The Morgan fingerprint density at radius 3 is 2.48 bits per heavy atom. The van der Waals surface area contributed by atoms with Gasteiger partial charge in [0, 0.05) is 29.8 Å². The van der Waals surface area contributed by atoms with Crippen LogP contribution in [0.4, 0.5) is 0 Å². The topological polar surface area (TPSA) is 59.2 Å². The molecule has 0 saturated carbocycles. The summed E-state index contributed by atoms with van der Waals surface area (Å²) in [6, 6.07) is 17.1. The monoisotopic (exact) mass is 333 g/mol. The molecule has 0 bridgehead atoms. The first-order valence-electron chi connectivity index (χ1n) is 8.60. The first kappa shape index (κ1) is 15.6. The van der Waals surface area contributed by atoms with Crippen LogP contribution in [-0.4, -0.2) is 34.0 Å². The van der Waals surface area contributed by atoms with E-state index >= 15 is 0 Å². The Hall–Kier alpha value is -2.95. The number of benzene rings is 2. The zero-order chi connectivity index (χ0) is 17.1. The first-order valence-corrected chi connectivity index (χ1v) is 8.60. The van der Waals surface area contributed by atoms with E-state index in [0.717, 1.165) is 37.1 Å². The minimum absolute atomic E-state index is 0.0735. The Bertz CT molecular complexity index is 867. The van der Waals surface area contributed by atoms with Crippen LogP contribution in [0.25, 0.3) is 22.8 Å². The molecule has 0 unspecified atom stereocenters. The van der Waals surface area contributed by atoms with Gasteiger partial charge in [-0.15, -0.1) is 0 Å². The number of carbonyl (C=O) groups is 1. The number of aromatic nitrogens is 2. The van der Waals surface area contributed by atoms with E-state index in [-0.39, 0.29) is 5.91 Å². The van der Waals surface area contributed by atoms with Gasteiger partial charge in [-0.1, -0.05) is 41.6 Å². The van der Waals surface area contributed by atoms with Crippen molar-refractivity contribution >= 4 is 5.91 Å². The van der Waals surface area contributed by atoms with Crippen molar-refractivity contribution in [3.8, 4) is 22.8 Å². The summed E-state index contributed by atoms with van der Waals surface area (Å²) < 4.78 is 5.40. The molecular formula is C20H19N3O2. The van der Waals surface area contributed by atoms with Gasteiger partial charge in [0.15, 0.2) is 0 Å². The second-order valence-corrected chi connectivity index (χ2v) is 6.22. The summed E-state index contributed by atoms with van der Waals surface area (Å²) >= 11 is 0. The molecule has 2 heterocycles. The highest BCUT2D eigenvalue weighted by molar-refractivity contribution is 5.95. The largest absolute Gasteiger partial charge is 0.339 e. The predicted molar refractivity (Wildman–Crippen MR) is 94.9 cm³/mol. The second kappa shape index (κ2) is 6.89. The normalized spacial score (nSPS) is 14.5. The van der Waals surface area contributed by atoms with E-state index in [2.05, 4.69) is 10.1 Å². The standard InChI is InChI=1S/C20H19N3O2/c24-20(23-12-5-2-6-13-23)17-11-7-10-16(14-17)19-21-18(22-25-19)15-8-3-1-4-9-15/h1,3-4,7-11,14H,2,5-6,12-13H2. The van der Waals surface area contributed by atoms with E-state index in [4.69, 9.17) is 4.52 Å². The molecule has 5 nitrogen and oxygen atoms in total. The Morgan fingerprint density at radius 2 is 1.68 bits per heavy atom. The maximum absolute atomic E-state index is 12.7. The Kier molecular flexibility index (Phi) is 4.29. The van der Waals surface area contributed by atoms with Crippen LogP contribution < -0.4 is 0 Å². The van der Waals surface area contributed by atoms with E-state index in [0.29, 0.717) is 17.3 Å². The molecule has 0 spiro atoms. The number of nitrogens with zero attached hydrogens (tertiary/aromatic N) is 3. The van der Waals surface area contributed by atoms with Gasteiger partial charge in [0.05, 0.1) is 0 Å². The van der Waals surface area contributed by atoms with Gasteiger partial charge in [-0.2, -0.15) is 4.98 Å². The van der Waals surface area contributed by atoms with E-state index in [1.165, 1.54) is 6.42 Å². The van der Waals surface area contributed by atoms with Gasteiger partial charge >= 0.3 is 0 Å². The SMILES string of the molecule is O=C(c1cccc(-c2nc(-c3ccccc3)no2)c1)N1CCCCC1. The van der Waals surface area contributed by atoms with E-state index < -0.39 is 0 Å². The molecule has 1 amide bonds. The quantitative estimate of drug-likeness (QED) is 0.726. The lowest BCUT2D eigenvalue weighted by Gasteiger charge is -2.26. The molecule has 0 aliphatic carbocycles. The fourth-order valence-corrected chi connectivity index (χ4v) is 3.11. The van der Waals surface area contributed by atoms with Gasteiger partial charge in [0.1, 0.15) is 0 Å². The molecule has 126 valence electrons. The Morgan fingerprint density at radius 1 is 0.920 bits per heavy atom. The summed E-state index contributed by atoms with van der Waals surface area (Å²) in [6.07, 6.45) is 3.36. The molecule has 0 atom stereocenters. The van der Waals surface area contributed by atoms with Gasteiger partial charge in [0.2, 0.25) is 5.82 Å². The molecule has 25 heavy (non-hydrogen) atoms. The number of hydrogen-bond acceptors (Lipinski definition) is 4. The highest BCUT2D eigenvalue weighted by atomic mass is 16.5. The molecular weight excluding hydrogens is 314 g/mol. The molecule has 1 aromatic heterocycles. The molecule has 3 aromatic rings.